The van der Waals surface area contributed by atoms with Gasteiger partial charge in [0.15, 0.2) is 11.5 Å². The van der Waals surface area contributed by atoms with Gasteiger partial charge in [-0.3, -0.25) is 9.59 Å². The summed E-state index contributed by atoms with van der Waals surface area (Å²) in [5, 5.41) is -0.635. The first-order chi connectivity index (χ1) is 17.6. The number of halogens is 5. The summed E-state index contributed by atoms with van der Waals surface area (Å²) in [6.07, 6.45) is -3.27. The second-order valence-electron chi connectivity index (χ2n) is 7.73. The van der Waals surface area contributed by atoms with Crippen LogP contribution in [0.3, 0.4) is 0 Å². The van der Waals surface area contributed by atoms with E-state index in [1.54, 1.807) is 30.3 Å². The van der Waals surface area contributed by atoms with Gasteiger partial charge in [-0.15, -0.1) is 0 Å². The number of anilines is 1. The van der Waals surface area contributed by atoms with Gasteiger partial charge >= 0.3 is 6.18 Å². The Labute approximate surface area is 224 Å². The first-order valence-electron chi connectivity index (χ1n) is 10.9. The summed E-state index contributed by atoms with van der Waals surface area (Å²) < 4.78 is 51.3. The van der Waals surface area contributed by atoms with E-state index >= 15 is 0 Å². The number of nitrogens with zero attached hydrogens (tertiary/aromatic N) is 1. The Bertz CT molecular complexity index is 1380. The van der Waals surface area contributed by atoms with Crippen LogP contribution in [0.2, 0.25) is 10.0 Å². The third kappa shape index (κ3) is 6.23. The van der Waals surface area contributed by atoms with Crippen LogP contribution in [-0.4, -0.2) is 17.8 Å². The van der Waals surface area contributed by atoms with Gasteiger partial charge in [0, 0.05) is 5.02 Å². The summed E-state index contributed by atoms with van der Waals surface area (Å²) in [7, 11) is 0. The lowest BCUT2D eigenvalue weighted by molar-refractivity contribution is -0.137. The van der Waals surface area contributed by atoms with Crippen LogP contribution in [0.4, 0.5) is 23.7 Å². The zero-order valence-electron chi connectivity index (χ0n) is 19.1. The molecule has 0 N–H and O–H groups in total. The van der Waals surface area contributed by atoms with Crippen LogP contribution >= 0.6 is 35.0 Å². The number of ether oxygens (including phenoxy) is 2. The van der Waals surface area contributed by atoms with E-state index < -0.39 is 27.9 Å². The number of rotatable bonds is 7. The minimum atomic E-state index is -4.74. The predicted octanol–water partition coefficient (Wildman–Crippen LogP) is 8.23. The number of benzene rings is 3. The average molecular weight is 568 g/mol. The van der Waals surface area contributed by atoms with Crippen molar-refractivity contribution in [2.75, 3.05) is 11.5 Å². The molecule has 3 aromatic carbocycles. The monoisotopic (exact) mass is 567 g/mol. The number of hydrogen-bond acceptors (Lipinski definition) is 5. The van der Waals surface area contributed by atoms with E-state index in [1.807, 2.05) is 19.1 Å². The maximum atomic E-state index is 13.3. The molecule has 0 atom stereocenters. The summed E-state index contributed by atoms with van der Waals surface area (Å²) >= 11 is 12.2. The highest BCUT2D eigenvalue weighted by Gasteiger charge is 2.39. The standard InChI is InChI=1S/C26H18Cl2F3NO4S/c1-2-35-22-11-16(5-10-21(22)36-14-15-3-6-17(27)7-4-15)12-23-24(33)32(25(34)37-23)18-8-9-20(28)19(13-18)26(29,30)31/h3-13H,2,14H2,1H3/b23-12-. The van der Waals surface area contributed by atoms with E-state index in [2.05, 4.69) is 0 Å². The molecule has 37 heavy (non-hydrogen) atoms. The summed E-state index contributed by atoms with van der Waals surface area (Å²) in [6.45, 7) is 2.44. The van der Waals surface area contributed by atoms with Crippen LogP contribution in [-0.2, 0) is 17.6 Å². The lowest BCUT2D eigenvalue weighted by atomic mass is 10.1. The zero-order chi connectivity index (χ0) is 26.7. The highest BCUT2D eigenvalue weighted by atomic mass is 35.5. The summed E-state index contributed by atoms with van der Waals surface area (Å²) in [6, 6.07) is 15.1. The Morgan fingerprint density at radius 2 is 1.68 bits per heavy atom. The van der Waals surface area contributed by atoms with Gasteiger partial charge in [-0.05, 0) is 78.4 Å². The van der Waals surface area contributed by atoms with Crippen LogP contribution in [0.25, 0.3) is 6.08 Å². The molecule has 192 valence electrons. The number of carbonyl (C=O) groups is 2. The second-order valence-corrected chi connectivity index (χ2v) is 9.57. The van der Waals surface area contributed by atoms with Crippen molar-refractivity contribution in [3.8, 4) is 11.5 Å². The molecular formula is C26H18Cl2F3NO4S. The fraction of sp³-hybridized carbons (Fsp3) is 0.154. The maximum absolute atomic E-state index is 13.3. The van der Waals surface area contributed by atoms with Crippen molar-refractivity contribution in [2.45, 2.75) is 19.7 Å². The van der Waals surface area contributed by atoms with E-state index in [-0.39, 0.29) is 17.2 Å². The van der Waals surface area contributed by atoms with Gasteiger partial charge in [-0.25, -0.2) is 4.90 Å². The van der Waals surface area contributed by atoms with Gasteiger partial charge in [0.1, 0.15) is 6.61 Å². The van der Waals surface area contributed by atoms with Crippen molar-refractivity contribution < 1.29 is 32.2 Å². The average Bonchev–Trinajstić information content (AvgIpc) is 3.12. The van der Waals surface area contributed by atoms with Crippen LogP contribution in [0.1, 0.15) is 23.6 Å². The molecule has 0 radical (unpaired) electrons. The van der Waals surface area contributed by atoms with Crippen molar-refractivity contribution in [1.29, 1.82) is 0 Å². The largest absolute Gasteiger partial charge is 0.490 e. The quantitative estimate of drug-likeness (QED) is 0.269. The molecule has 0 spiro atoms. The first kappa shape index (κ1) is 26.9. The number of thioether (sulfide) groups is 1. The second kappa shape index (κ2) is 11.1. The zero-order valence-corrected chi connectivity index (χ0v) is 21.5. The molecule has 1 aliphatic heterocycles. The Morgan fingerprint density at radius 1 is 0.946 bits per heavy atom. The van der Waals surface area contributed by atoms with Gasteiger partial charge in [0.05, 0.1) is 27.8 Å². The van der Waals surface area contributed by atoms with Crippen molar-refractivity contribution >= 4 is 57.9 Å². The fourth-order valence-electron chi connectivity index (χ4n) is 3.45. The number of alkyl halides is 3. The summed E-state index contributed by atoms with van der Waals surface area (Å²) in [5.74, 6) is 0.159. The van der Waals surface area contributed by atoms with Gasteiger partial charge < -0.3 is 9.47 Å². The fourth-order valence-corrected chi connectivity index (χ4v) is 4.65. The van der Waals surface area contributed by atoms with Crippen molar-refractivity contribution in [3.63, 3.8) is 0 Å². The minimum Gasteiger partial charge on any atom is -0.490 e. The Balaban J connectivity index is 1.57. The van der Waals surface area contributed by atoms with Crippen molar-refractivity contribution in [3.05, 3.63) is 92.3 Å². The van der Waals surface area contributed by atoms with Gasteiger partial charge in [0.2, 0.25) is 0 Å². The lowest BCUT2D eigenvalue weighted by Gasteiger charge is -2.16. The van der Waals surface area contributed by atoms with E-state index in [1.165, 1.54) is 12.1 Å². The van der Waals surface area contributed by atoms with Gasteiger partial charge in [-0.1, -0.05) is 41.4 Å². The number of imide groups is 1. The highest BCUT2D eigenvalue weighted by molar-refractivity contribution is 8.19. The number of amides is 2. The Morgan fingerprint density at radius 3 is 2.35 bits per heavy atom. The molecule has 0 bridgehead atoms. The van der Waals surface area contributed by atoms with Crippen LogP contribution in [0, 0.1) is 0 Å². The first-order valence-corrected chi connectivity index (χ1v) is 12.4. The minimum absolute atomic E-state index is 0.0470. The van der Waals surface area contributed by atoms with Crippen LogP contribution in [0.5, 0.6) is 11.5 Å². The molecule has 0 aromatic heterocycles. The normalized spacial score (nSPS) is 15.0. The third-order valence-electron chi connectivity index (χ3n) is 5.18. The molecule has 1 aliphatic rings. The molecule has 0 saturated carbocycles. The molecule has 1 heterocycles. The third-order valence-corrected chi connectivity index (χ3v) is 6.63. The number of hydrogen-bond donors (Lipinski definition) is 0. The Hall–Kier alpha value is -3.14. The van der Waals surface area contributed by atoms with Gasteiger partial charge in [-0.2, -0.15) is 13.2 Å². The molecule has 0 aliphatic carbocycles. The summed E-state index contributed by atoms with van der Waals surface area (Å²) in [5.41, 5.74) is 0.0918. The van der Waals surface area contributed by atoms with E-state index in [4.69, 9.17) is 32.7 Å². The topological polar surface area (TPSA) is 55.8 Å². The van der Waals surface area contributed by atoms with E-state index in [9.17, 15) is 22.8 Å². The van der Waals surface area contributed by atoms with Crippen molar-refractivity contribution in [2.24, 2.45) is 0 Å². The highest BCUT2D eigenvalue weighted by Crippen LogP contribution is 2.41. The van der Waals surface area contributed by atoms with Crippen molar-refractivity contribution in [1.82, 2.24) is 0 Å². The smallest absolute Gasteiger partial charge is 0.417 e. The molecule has 1 saturated heterocycles. The van der Waals surface area contributed by atoms with E-state index in [0.29, 0.717) is 51.4 Å². The van der Waals surface area contributed by atoms with E-state index in [0.717, 1.165) is 11.6 Å². The van der Waals surface area contributed by atoms with Crippen LogP contribution in [0.15, 0.2) is 65.6 Å². The molecule has 11 heteroatoms. The lowest BCUT2D eigenvalue weighted by Crippen LogP contribution is -2.28. The maximum Gasteiger partial charge on any atom is 0.417 e. The Kier molecular flexibility index (Phi) is 8.06. The molecule has 2 amide bonds. The molecule has 3 aromatic rings. The molecule has 1 fully saturated rings. The molecular weight excluding hydrogens is 550 g/mol. The predicted molar refractivity (Wildman–Crippen MR) is 138 cm³/mol. The molecule has 0 unspecified atom stereocenters. The SMILES string of the molecule is CCOc1cc(/C=C2\SC(=O)N(c3ccc(Cl)c(C(F)(F)F)c3)C2=O)ccc1OCc1ccc(Cl)cc1. The number of carbonyl (C=O) groups excluding carboxylic acids is 2. The molecule has 4 rings (SSSR count). The summed E-state index contributed by atoms with van der Waals surface area (Å²) in [4.78, 5) is 26.3. The molecule has 5 nitrogen and oxygen atoms in total. The van der Waals surface area contributed by atoms with Crippen LogP contribution < -0.4 is 14.4 Å². The van der Waals surface area contributed by atoms with Gasteiger partial charge in [0.25, 0.3) is 11.1 Å².